The average Bonchev–Trinajstić information content (AvgIpc) is 3.28. The van der Waals surface area contributed by atoms with E-state index in [-0.39, 0.29) is 10.7 Å². The molecule has 1 atom stereocenters. The molecule has 0 saturated heterocycles. The molecule has 0 aliphatic heterocycles. The molecular weight excluding hydrogens is 467 g/mol. The third-order valence-electron chi connectivity index (χ3n) is 4.67. The Labute approximate surface area is 197 Å². The van der Waals surface area contributed by atoms with Crippen LogP contribution in [0.25, 0.3) is 11.1 Å². The Morgan fingerprint density at radius 3 is 2.70 bits per heavy atom. The number of allylic oxidation sites excluding steroid dienone is 2. The van der Waals surface area contributed by atoms with Gasteiger partial charge in [-0.15, -0.1) is 0 Å². The highest BCUT2D eigenvalue weighted by atomic mass is 35.5. The third-order valence-corrected chi connectivity index (χ3v) is 6.40. The van der Waals surface area contributed by atoms with Gasteiger partial charge in [-0.05, 0) is 30.2 Å². The maximum Gasteiger partial charge on any atom is 0.180 e. The molecule has 3 aromatic rings. The lowest BCUT2D eigenvalue weighted by molar-refractivity contribution is 0.414. The number of anilines is 2. The summed E-state index contributed by atoms with van der Waals surface area (Å²) >= 11 is 5.99. The predicted octanol–water partition coefficient (Wildman–Crippen LogP) is 5.30. The molecule has 0 aliphatic rings. The van der Waals surface area contributed by atoms with Crippen LogP contribution >= 0.6 is 11.6 Å². The number of ether oxygens (including phenoxy) is 1. The first-order valence-corrected chi connectivity index (χ1v) is 11.6. The van der Waals surface area contributed by atoms with Crippen LogP contribution in [0.1, 0.15) is 0 Å². The van der Waals surface area contributed by atoms with Crippen LogP contribution in [0.2, 0.25) is 5.02 Å². The fourth-order valence-electron chi connectivity index (χ4n) is 2.81. The molecule has 0 radical (unpaired) electrons. The molecule has 2 heterocycles. The van der Waals surface area contributed by atoms with Gasteiger partial charge in [-0.3, -0.25) is 9.71 Å². The summed E-state index contributed by atoms with van der Waals surface area (Å²) in [5.74, 6) is 3.87. The molecule has 1 unspecified atom stereocenters. The Bertz CT molecular complexity index is 1320. The van der Waals surface area contributed by atoms with Crippen molar-refractivity contribution in [2.75, 3.05) is 23.8 Å². The SMILES string of the molecule is C=C(C=CC(=C)S(=C)(=O)Nc1ccon1)N(C)c1cc(F)c(-c2cncc(Cl)c2)cc1OC. The van der Waals surface area contributed by atoms with Crippen LogP contribution in [-0.4, -0.2) is 34.4 Å². The number of benzene rings is 1. The molecule has 0 saturated carbocycles. The molecule has 0 fully saturated rings. The van der Waals surface area contributed by atoms with Gasteiger partial charge in [-0.1, -0.05) is 29.9 Å². The van der Waals surface area contributed by atoms with Gasteiger partial charge in [0.1, 0.15) is 17.8 Å². The second-order valence-electron chi connectivity index (χ2n) is 6.91. The highest BCUT2D eigenvalue weighted by Gasteiger charge is 2.17. The smallest absolute Gasteiger partial charge is 0.180 e. The Morgan fingerprint density at radius 2 is 2.06 bits per heavy atom. The fraction of sp³-hybridized carbons (Fsp3) is 0.0870. The standard InChI is InChI=1S/C23H22ClFN4O3S/c1-15(6-7-16(2)33(5,30)28-23-8-9-32-27-23)29(3)21-12-20(25)19(11-22(21)31-4)17-10-18(24)14-26-13-17/h6-14H,1-2,5H2,3-4H3,(H,27,28,30). The van der Waals surface area contributed by atoms with Crippen LogP contribution in [0.4, 0.5) is 15.9 Å². The summed E-state index contributed by atoms with van der Waals surface area (Å²) in [5, 5.41) is 4.05. The maximum absolute atomic E-state index is 15.0. The van der Waals surface area contributed by atoms with Crippen LogP contribution < -0.4 is 14.4 Å². The van der Waals surface area contributed by atoms with Gasteiger partial charge in [-0.25, -0.2) is 8.60 Å². The molecule has 2 aromatic heterocycles. The van der Waals surface area contributed by atoms with Crippen molar-refractivity contribution in [1.82, 2.24) is 10.1 Å². The maximum atomic E-state index is 15.0. The number of nitrogens with one attached hydrogen (secondary N) is 1. The summed E-state index contributed by atoms with van der Waals surface area (Å²) < 4.78 is 40.6. The molecule has 10 heteroatoms. The minimum Gasteiger partial charge on any atom is -0.495 e. The number of pyridine rings is 1. The zero-order valence-electron chi connectivity index (χ0n) is 18.0. The first-order chi connectivity index (χ1) is 15.6. The zero-order valence-corrected chi connectivity index (χ0v) is 19.6. The number of likely N-dealkylation sites (N-methyl/N-ethyl adjacent to an activating group) is 1. The number of nitrogens with zero attached hydrogens (tertiary/aromatic N) is 3. The van der Waals surface area contributed by atoms with Crippen molar-refractivity contribution in [2.45, 2.75) is 0 Å². The van der Waals surface area contributed by atoms with E-state index in [0.717, 1.165) is 0 Å². The molecule has 0 aliphatic carbocycles. The number of aromatic nitrogens is 2. The summed E-state index contributed by atoms with van der Waals surface area (Å²) in [7, 11) is 0.238. The molecule has 0 amide bonds. The van der Waals surface area contributed by atoms with Gasteiger partial charge < -0.3 is 14.2 Å². The average molecular weight is 489 g/mol. The summed E-state index contributed by atoms with van der Waals surface area (Å²) in [6.07, 6.45) is 7.43. The first-order valence-electron chi connectivity index (χ1n) is 9.46. The fourth-order valence-corrected chi connectivity index (χ4v) is 3.85. The Hall–Kier alpha value is -3.56. The van der Waals surface area contributed by atoms with E-state index >= 15 is 0 Å². The molecule has 33 heavy (non-hydrogen) atoms. The van der Waals surface area contributed by atoms with E-state index in [4.69, 9.17) is 20.9 Å². The van der Waals surface area contributed by atoms with Crippen LogP contribution in [0.5, 0.6) is 5.75 Å². The largest absolute Gasteiger partial charge is 0.495 e. The Morgan fingerprint density at radius 1 is 1.30 bits per heavy atom. The number of hydrogen-bond acceptors (Lipinski definition) is 6. The molecule has 0 bridgehead atoms. The van der Waals surface area contributed by atoms with Crippen molar-refractivity contribution in [3.63, 3.8) is 0 Å². The zero-order chi connectivity index (χ0) is 24.2. The van der Waals surface area contributed by atoms with E-state index in [1.54, 1.807) is 30.2 Å². The van der Waals surface area contributed by atoms with Gasteiger partial charge in [-0.2, -0.15) is 0 Å². The van der Waals surface area contributed by atoms with Crippen molar-refractivity contribution < 1.29 is 17.9 Å². The highest BCUT2D eigenvalue weighted by molar-refractivity contribution is 8.05. The van der Waals surface area contributed by atoms with E-state index in [9.17, 15) is 8.60 Å². The van der Waals surface area contributed by atoms with Gasteiger partial charge >= 0.3 is 0 Å². The number of methoxy groups -OCH3 is 1. The molecule has 0 spiro atoms. The summed E-state index contributed by atoms with van der Waals surface area (Å²) in [4.78, 5) is 5.84. The normalized spacial score (nSPS) is 12.8. The van der Waals surface area contributed by atoms with Gasteiger partial charge in [0.05, 0.1) is 27.5 Å². The number of rotatable bonds is 9. The lowest BCUT2D eigenvalue weighted by atomic mass is 10.1. The van der Waals surface area contributed by atoms with Crippen molar-refractivity contribution in [2.24, 2.45) is 0 Å². The van der Waals surface area contributed by atoms with Gasteiger partial charge in [0, 0.05) is 53.3 Å². The minimum absolute atomic E-state index is 0.210. The van der Waals surface area contributed by atoms with Crippen molar-refractivity contribution in [3.05, 3.63) is 89.7 Å². The topological polar surface area (TPSA) is 80.5 Å². The van der Waals surface area contributed by atoms with Crippen LogP contribution in [-0.2, 0) is 9.71 Å². The van der Waals surface area contributed by atoms with Gasteiger partial charge in [0.2, 0.25) is 0 Å². The van der Waals surface area contributed by atoms with Crippen LogP contribution in [0.15, 0.2) is 83.4 Å². The van der Waals surface area contributed by atoms with E-state index in [2.05, 4.69) is 33.9 Å². The van der Waals surface area contributed by atoms with Crippen molar-refractivity contribution in [1.29, 1.82) is 0 Å². The minimum atomic E-state index is -2.94. The quantitative estimate of drug-likeness (QED) is 0.325. The number of halogens is 2. The van der Waals surface area contributed by atoms with Gasteiger partial charge in [0.15, 0.2) is 5.82 Å². The predicted molar refractivity (Wildman–Crippen MR) is 132 cm³/mol. The lowest BCUT2D eigenvalue weighted by Gasteiger charge is -2.23. The Kier molecular flexibility index (Phi) is 7.25. The second-order valence-corrected chi connectivity index (χ2v) is 9.42. The molecular formula is C23H22ClFN4O3S. The third kappa shape index (κ3) is 5.63. The lowest BCUT2D eigenvalue weighted by Crippen LogP contribution is -2.16. The van der Waals surface area contributed by atoms with Gasteiger partial charge in [0.25, 0.3) is 0 Å². The van der Waals surface area contributed by atoms with Crippen LogP contribution in [0, 0.1) is 5.82 Å². The summed E-state index contributed by atoms with van der Waals surface area (Å²) in [6, 6.07) is 6.03. The first kappa shape index (κ1) is 24.1. The van der Waals surface area contributed by atoms with E-state index in [0.29, 0.717) is 33.3 Å². The molecule has 1 N–H and O–H groups in total. The van der Waals surface area contributed by atoms with Crippen molar-refractivity contribution >= 4 is 38.7 Å². The number of hydrogen-bond donors (Lipinski definition) is 1. The monoisotopic (exact) mass is 488 g/mol. The second kappa shape index (κ2) is 9.93. The van der Waals surface area contributed by atoms with E-state index in [1.165, 1.54) is 44.0 Å². The summed E-state index contributed by atoms with van der Waals surface area (Å²) in [6.45, 7) is 7.79. The molecule has 172 valence electrons. The van der Waals surface area contributed by atoms with Crippen molar-refractivity contribution in [3.8, 4) is 16.9 Å². The Balaban J connectivity index is 1.82. The highest BCUT2D eigenvalue weighted by Crippen LogP contribution is 2.36. The molecule has 1 aromatic carbocycles. The van der Waals surface area contributed by atoms with E-state index < -0.39 is 15.5 Å². The van der Waals surface area contributed by atoms with Crippen LogP contribution in [0.3, 0.4) is 0 Å². The molecule has 3 rings (SSSR count). The summed E-state index contributed by atoms with van der Waals surface area (Å²) in [5.41, 5.74) is 1.71. The van der Waals surface area contributed by atoms with E-state index in [1.807, 2.05) is 0 Å². The molecule has 7 nitrogen and oxygen atoms in total.